The zero-order chi connectivity index (χ0) is 18.9. The van der Waals surface area contributed by atoms with E-state index in [4.69, 9.17) is 19.8 Å². The highest BCUT2D eigenvalue weighted by molar-refractivity contribution is 5.84. The van der Waals surface area contributed by atoms with E-state index in [2.05, 4.69) is 5.32 Å². The van der Waals surface area contributed by atoms with E-state index in [1.807, 2.05) is 6.07 Å². The molecule has 0 saturated carbocycles. The second-order valence-electron chi connectivity index (χ2n) is 5.51. The molecular weight excluding hydrogens is 336 g/mol. The quantitative estimate of drug-likeness (QED) is 0.701. The normalized spacial score (nSPS) is 11.3. The zero-order valence-electron chi connectivity index (χ0n) is 14.3. The number of hydrogen-bond acceptors (Lipinski definition) is 6. The highest BCUT2D eigenvalue weighted by Crippen LogP contribution is 2.32. The van der Waals surface area contributed by atoms with E-state index >= 15 is 0 Å². The molecule has 2 rings (SSSR count). The molecule has 136 valence electrons. The highest BCUT2D eigenvalue weighted by Gasteiger charge is 2.18. The minimum absolute atomic E-state index is 0.0424. The first-order valence-corrected chi connectivity index (χ1v) is 8.03. The number of rotatable bonds is 7. The number of aliphatic hydroxyl groups is 1. The van der Waals surface area contributed by atoms with Crippen molar-refractivity contribution in [3.8, 4) is 17.6 Å². The fourth-order valence-corrected chi connectivity index (χ4v) is 2.38. The van der Waals surface area contributed by atoms with E-state index < -0.39 is 12.2 Å². The van der Waals surface area contributed by atoms with Crippen molar-refractivity contribution in [2.24, 2.45) is 0 Å². The van der Waals surface area contributed by atoms with Crippen LogP contribution in [0.2, 0.25) is 0 Å². The average Bonchev–Trinajstić information content (AvgIpc) is 2.65. The molecule has 0 heterocycles. The van der Waals surface area contributed by atoms with Crippen molar-refractivity contribution in [2.75, 3.05) is 19.0 Å². The molecule has 1 amide bonds. The van der Waals surface area contributed by atoms with Gasteiger partial charge >= 0.3 is 6.09 Å². The van der Waals surface area contributed by atoms with Gasteiger partial charge in [0, 0.05) is 12.3 Å². The van der Waals surface area contributed by atoms with Gasteiger partial charge in [-0.1, -0.05) is 6.07 Å². The molecule has 7 heteroatoms. The standard InChI is InChI=1S/C19H20N2O5/c1-25-18-9-6-14(11-16(18)23)17(3-2-10-22)26-19(24)21-15-7-4-13(12-20)5-8-15/h4-9,11,17,22-23H,2-3,10H2,1H3,(H,21,24)/t17-/m0/s1. The van der Waals surface area contributed by atoms with Gasteiger partial charge < -0.3 is 19.7 Å². The summed E-state index contributed by atoms with van der Waals surface area (Å²) in [6.45, 7) is -0.0424. The molecule has 0 aliphatic carbocycles. The number of nitrogens with one attached hydrogen (secondary N) is 1. The third-order valence-electron chi connectivity index (χ3n) is 3.71. The molecule has 26 heavy (non-hydrogen) atoms. The van der Waals surface area contributed by atoms with Crippen LogP contribution in [-0.4, -0.2) is 30.0 Å². The predicted molar refractivity (Wildman–Crippen MR) is 95.0 cm³/mol. The smallest absolute Gasteiger partial charge is 0.412 e. The maximum atomic E-state index is 12.2. The number of ether oxygens (including phenoxy) is 2. The largest absolute Gasteiger partial charge is 0.504 e. The van der Waals surface area contributed by atoms with E-state index in [-0.39, 0.29) is 12.4 Å². The van der Waals surface area contributed by atoms with E-state index in [9.17, 15) is 9.90 Å². The SMILES string of the molecule is COc1ccc([C@H](CCCO)OC(=O)Nc2ccc(C#N)cc2)cc1O. The zero-order valence-corrected chi connectivity index (χ0v) is 14.3. The number of carbonyl (C=O) groups is 1. The first kappa shape index (κ1) is 19.1. The van der Waals surface area contributed by atoms with Crippen LogP contribution in [0, 0.1) is 11.3 Å². The molecular formula is C19H20N2O5. The summed E-state index contributed by atoms with van der Waals surface area (Å²) in [6, 6.07) is 13.1. The van der Waals surface area contributed by atoms with Crippen molar-refractivity contribution in [2.45, 2.75) is 18.9 Å². The van der Waals surface area contributed by atoms with Crippen LogP contribution in [0.1, 0.15) is 30.1 Å². The summed E-state index contributed by atoms with van der Waals surface area (Å²) in [5, 5.41) is 30.4. The van der Waals surface area contributed by atoms with Crippen molar-refractivity contribution in [1.82, 2.24) is 0 Å². The van der Waals surface area contributed by atoms with Crippen LogP contribution in [0.4, 0.5) is 10.5 Å². The van der Waals surface area contributed by atoms with Crippen molar-refractivity contribution >= 4 is 11.8 Å². The summed E-state index contributed by atoms with van der Waals surface area (Å²) in [6.07, 6.45) is -0.490. The van der Waals surface area contributed by atoms with E-state index in [0.29, 0.717) is 35.4 Å². The number of anilines is 1. The molecule has 2 aromatic carbocycles. The topological polar surface area (TPSA) is 112 Å². The molecule has 2 aromatic rings. The summed E-state index contributed by atoms with van der Waals surface area (Å²) in [5.41, 5.74) is 1.57. The Bertz CT molecular complexity index is 784. The Hall–Kier alpha value is -3.24. The molecule has 0 aromatic heterocycles. The third-order valence-corrected chi connectivity index (χ3v) is 3.71. The Balaban J connectivity index is 2.09. The lowest BCUT2D eigenvalue weighted by Gasteiger charge is -2.19. The Morgan fingerprint density at radius 2 is 2.00 bits per heavy atom. The second-order valence-corrected chi connectivity index (χ2v) is 5.51. The van der Waals surface area contributed by atoms with Gasteiger partial charge in [0.25, 0.3) is 0 Å². The monoisotopic (exact) mass is 356 g/mol. The van der Waals surface area contributed by atoms with Crippen molar-refractivity contribution < 1.29 is 24.5 Å². The minimum Gasteiger partial charge on any atom is -0.504 e. The molecule has 0 unspecified atom stereocenters. The molecule has 1 atom stereocenters. The van der Waals surface area contributed by atoms with Crippen molar-refractivity contribution in [3.63, 3.8) is 0 Å². The lowest BCUT2D eigenvalue weighted by Crippen LogP contribution is -2.18. The number of nitrogens with zero attached hydrogens (tertiary/aromatic N) is 1. The van der Waals surface area contributed by atoms with E-state index in [1.54, 1.807) is 36.4 Å². The summed E-state index contributed by atoms with van der Waals surface area (Å²) in [7, 11) is 1.44. The van der Waals surface area contributed by atoms with Crippen LogP contribution < -0.4 is 10.1 Å². The van der Waals surface area contributed by atoms with Crippen LogP contribution in [0.5, 0.6) is 11.5 Å². The molecule has 0 fully saturated rings. The number of aromatic hydroxyl groups is 1. The number of carbonyl (C=O) groups excluding carboxylic acids is 1. The highest BCUT2D eigenvalue weighted by atomic mass is 16.6. The number of phenols is 1. The van der Waals surface area contributed by atoms with Gasteiger partial charge in [-0.3, -0.25) is 5.32 Å². The number of methoxy groups -OCH3 is 1. The van der Waals surface area contributed by atoms with Gasteiger partial charge in [-0.15, -0.1) is 0 Å². The van der Waals surface area contributed by atoms with E-state index in [0.717, 1.165) is 0 Å². The number of benzene rings is 2. The Labute approximate surface area is 151 Å². The summed E-state index contributed by atoms with van der Waals surface area (Å²) in [5.74, 6) is 0.256. The number of amides is 1. The van der Waals surface area contributed by atoms with Gasteiger partial charge in [0.2, 0.25) is 0 Å². The summed E-state index contributed by atoms with van der Waals surface area (Å²) >= 11 is 0. The average molecular weight is 356 g/mol. The molecule has 0 aliphatic heterocycles. The minimum atomic E-state index is -0.673. The van der Waals surface area contributed by atoms with Crippen molar-refractivity contribution in [1.29, 1.82) is 5.26 Å². The molecule has 0 radical (unpaired) electrons. The Kier molecular flexibility index (Phi) is 6.83. The van der Waals surface area contributed by atoms with Gasteiger partial charge in [-0.2, -0.15) is 5.26 Å². The van der Waals surface area contributed by atoms with E-state index in [1.165, 1.54) is 13.2 Å². The van der Waals surface area contributed by atoms with Crippen LogP contribution in [0.15, 0.2) is 42.5 Å². The predicted octanol–water partition coefficient (Wildman–Crippen LogP) is 3.33. The molecule has 0 saturated heterocycles. The third kappa shape index (κ3) is 5.13. The molecule has 7 nitrogen and oxygen atoms in total. The van der Waals surface area contributed by atoms with Gasteiger partial charge in [-0.25, -0.2) is 4.79 Å². The second kappa shape index (κ2) is 9.30. The number of hydrogen-bond donors (Lipinski definition) is 3. The van der Waals surface area contributed by atoms with Crippen molar-refractivity contribution in [3.05, 3.63) is 53.6 Å². The molecule has 0 spiro atoms. The molecule has 0 aliphatic rings. The maximum Gasteiger partial charge on any atom is 0.412 e. The van der Waals surface area contributed by atoms with Crippen LogP contribution in [0.25, 0.3) is 0 Å². The van der Waals surface area contributed by atoms with Crippen LogP contribution >= 0.6 is 0 Å². The molecule has 3 N–H and O–H groups in total. The molecule has 0 bridgehead atoms. The summed E-state index contributed by atoms with van der Waals surface area (Å²) in [4.78, 5) is 12.2. The Morgan fingerprint density at radius 3 is 2.58 bits per heavy atom. The summed E-state index contributed by atoms with van der Waals surface area (Å²) < 4.78 is 10.5. The van der Waals surface area contributed by atoms with Gasteiger partial charge in [0.15, 0.2) is 11.5 Å². The number of aliphatic hydroxyl groups excluding tert-OH is 1. The van der Waals surface area contributed by atoms with Gasteiger partial charge in [-0.05, 0) is 54.8 Å². The fourth-order valence-electron chi connectivity index (χ4n) is 2.38. The number of phenolic OH excluding ortho intramolecular Hbond substituents is 1. The Morgan fingerprint density at radius 1 is 1.27 bits per heavy atom. The van der Waals surface area contributed by atoms with Gasteiger partial charge in [0.1, 0.15) is 6.10 Å². The van der Waals surface area contributed by atoms with Gasteiger partial charge in [0.05, 0.1) is 18.7 Å². The first-order chi connectivity index (χ1) is 12.6. The number of nitriles is 1. The maximum absolute atomic E-state index is 12.2. The first-order valence-electron chi connectivity index (χ1n) is 8.03. The fraction of sp³-hybridized carbons (Fsp3) is 0.263. The lowest BCUT2D eigenvalue weighted by molar-refractivity contribution is 0.0993. The van der Waals surface area contributed by atoms with Crippen LogP contribution in [0.3, 0.4) is 0 Å². The lowest BCUT2D eigenvalue weighted by atomic mass is 10.0. The van der Waals surface area contributed by atoms with Crippen LogP contribution in [-0.2, 0) is 4.74 Å².